The average Bonchev–Trinajstić information content (AvgIpc) is 2.41. The third kappa shape index (κ3) is 5.71. The van der Waals surface area contributed by atoms with E-state index in [-0.39, 0.29) is 12.4 Å². The summed E-state index contributed by atoms with van der Waals surface area (Å²) in [4.78, 5) is 0. The maximum atomic E-state index is 5.64. The second-order valence-corrected chi connectivity index (χ2v) is 4.43. The number of piperidine rings is 1. The molecule has 102 valence electrons. The normalized spacial score (nSPS) is 16.0. The van der Waals surface area contributed by atoms with Crippen LogP contribution in [0.3, 0.4) is 0 Å². The summed E-state index contributed by atoms with van der Waals surface area (Å²) in [5.41, 5.74) is 0. The summed E-state index contributed by atoms with van der Waals surface area (Å²) in [6.45, 7) is 4.46. The van der Waals surface area contributed by atoms with E-state index in [9.17, 15) is 0 Å². The third-order valence-corrected chi connectivity index (χ3v) is 3.05. The minimum atomic E-state index is 0. The summed E-state index contributed by atoms with van der Waals surface area (Å²) < 4.78 is 11.2. The summed E-state index contributed by atoms with van der Waals surface area (Å²) in [5, 5.41) is 3.36. The van der Waals surface area contributed by atoms with Gasteiger partial charge in [0.05, 0.1) is 6.61 Å². The first kappa shape index (κ1) is 15.3. The fourth-order valence-electron chi connectivity index (χ4n) is 2.03. The minimum Gasteiger partial charge on any atom is -0.491 e. The Kier molecular flexibility index (Phi) is 7.81. The van der Waals surface area contributed by atoms with Gasteiger partial charge in [-0.1, -0.05) is 18.2 Å². The molecule has 0 bridgehead atoms. The molecule has 0 atom stereocenters. The second-order valence-electron chi connectivity index (χ2n) is 4.43. The lowest BCUT2D eigenvalue weighted by molar-refractivity contribution is 0.0655. The summed E-state index contributed by atoms with van der Waals surface area (Å²) in [7, 11) is 0. The quantitative estimate of drug-likeness (QED) is 0.807. The first-order chi connectivity index (χ1) is 8.45. The van der Waals surface area contributed by atoms with E-state index in [0.717, 1.165) is 31.4 Å². The van der Waals surface area contributed by atoms with Gasteiger partial charge in [0.1, 0.15) is 12.4 Å². The van der Waals surface area contributed by atoms with Gasteiger partial charge in [-0.25, -0.2) is 0 Å². The number of para-hydroxylation sites is 1. The number of ether oxygens (including phenoxy) is 2. The van der Waals surface area contributed by atoms with Crippen LogP contribution in [-0.2, 0) is 4.74 Å². The molecule has 0 saturated carbocycles. The number of rotatable bonds is 6. The Balaban J connectivity index is 0.00000162. The smallest absolute Gasteiger partial charge is 0.119 e. The minimum absolute atomic E-state index is 0. The van der Waals surface area contributed by atoms with Crippen LogP contribution in [0.5, 0.6) is 5.75 Å². The van der Waals surface area contributed by atoms with E-state index in [0.29, 0.717) is 13.2 Å². The lowest BCUT2D eigenvalue weighted by atomic mass is 9.99. The van der Waals surface area contributed by atoms with Gasteiger partial charge < -0.3 is 14.8 Å². The number of hydrogen-bond donors (Lipinski definition) is 1. The summed E-state index contributed by atoms with van der Waals surface area (Å²) in [6.07, 6.45) is 2.47. The molecule has 1 heterocycles. The lowest BCUT2D eigenvalue weighted by Crippen LogP contribution is -2.30. The molecule has 1 aromatic rings. The molecule has 0 unspecified atom stereocenters. The fourth-order valence-corrected chi connectivity index (χ4v) is 2.03. The molecular formula is C14H22ClNO2. The highest BCUT2D eigenvalue weighted by molar-refractivity contribution is 5.85. The fraction of sp³-hybridized carbons (Fsp3) is 0.571. The van der Waals surface area contributed by atoms with Crippen LogP contribution in [0.4, 0.5) is 0 Å². The van der Waals surface area contributed by atoms with Crippen LogP contribution in [0.25, 0.3) is 0 Å². The molecule has 0 aliphatic carbocycles. The van der Waals surface area contributed by atoms with Gasteiger partial charge in [0.25, 0.3) is 0 Å². The van der Waals surface area contributed by atoms with Crippen LogP contribution in [0.1, 0.15) is 12.8 Å². The van der Waals surface area contributed by atoms with Gasteiger partial charge in [-0.05, 0) is 44.0 Å². The van der Waals surface area contributed by atoms with E-state index in [1.165, 1.54) is 12.8 Å². The molecule has 2 rings (SSSR count). The van der Waals surface area contributed by atoms with Crippen molar-refractivity contribution < 1.29 is 9.47 Å². The number of halogens is 1. The molecular weight excluding hydrogens is 250 g/mol. The van der Waals surface area contributed by atoms with Gasteiger partial charge in [0.15, 0.2) is 0 Å². The van der Waals surface area contributed by atoms with Crippen molar-refractivity contribution in [1.82, 2.24) is 5.32 Å². The Morgan fingerprint density at radius 3 is 2.50 bits per heavy atom. The third-order valence-electron chi connectivity index (χ3n) is 3.05. The predicted molar refractivity (Wildman–Crippen MR) is 75.6 cm³/mol. The van der Waals surface area contributed by atoms with Crippen molar-refractivity contribution in [3.63, 3.8) is 0 Å². The zero-order valence-electron chi connectivity index (χ0n) is 10.6. The number of nitrogens with one attached hydrogen (secondary N) is 1. The molecule has 1 aliphatic rings. The molecule has 18 heavy (non-hydrogen) atoms. The topological polar surface area (TPSA) is 30.5 Å². The summed E-state index contributed by atoms with van der Waals surface area (Å²) >= 11 is 0. The average molecular weight is 272 g/mol. The lowest BCUT2D eigenvalue weighted by Gasteiger charge is -2.22. The largest absolute Gasteiger partial charge is 0.491 e. The molecule has 1 fully saturated rings. The van der Waals surface area contributed by atoms with Gasteiger partial charge >= 0.3 is 0 Å². The monoisotopic (exact) mass is 271 g/mol. The molecule has 0 amide bonds. The molecule has 0 radical (unpaired) electrons. The molecule has 1 aromatic carbocycles. The van der Waals surface area contributed by atoms with Gasteiger partial charge in [0, 0.05) is 6.61 Å². The SMILES string of the molecule is Cl.c1ccc(OCCOCC2CCNCC2)cc1. The molecule has 1 N–H and O–H groups in total. The van der Waals surface area contributed by atoms with Crippen LogP contribution in [0.2, 0.25) is 0 Å². The van der Waals surface area contributed by atoms with Crippen molar-refractivity contribution >= 4 is 12.4 Å². The van der Waals surface area contributed by atoms with Crippen LogP contribution >= 0.6 is 12.4 Å². The Hall–Kier alpha value is -0.770. The van der Waals surface area contributed by atoms with Crippen LogP contribution < -0.4 is 10.1 Å². The van der Waals surface area contributed by atoms with E-state index in [4.69, 9.17) is 9.47 Å². The Bertz CT molecular complexity index is 302. The zero-order valence-corrected chi connectivity index (χ0v) is 11.5. The van der Waals surface area contributed by atoms with Gasteiger partial charge in [-0.15, -0.1) is 12.4 Å². The molecule has 3 nitrogen and oxygen atoms in total. The van der Waals surface area contributed by atoms with E-state index in [2.05, 4.69) is 5.32 Å². The highest BCUT2D eigenvalue weighted by Gasteiger charge is 2.12. The van der Waals surface area contributed by atoms with Crippen molar-refractivity contribution in [2.24, 2.45) is 5.92 Å². The Labute approximate surface area is 115 Å². The summed E-state index contributed by atoms with van der Waals surface area (Å²) in [6, 6.07) is 9.87. The van der Waals surface area contributed by atoms with E-state index >= 15 is 0 Å². The van der Waals surface area contributed by atoms with E-state index < -0.39 is 0 Å². The van der Waals surface area contributed by atoms with Gasteiger partial charge in [0.2, 0.25) is 0 Å². The van der Waals surface area contributed by atoms with E-state index in [1.54, 1.807) is 0 Å². The van der Waals surface area contributed by atoms with Gasteiger partial charge in [-0.3, -0.25) is 0 Å². The number of benzene rings is 1. The van der Waals surface area contributed by atoms with Gasteiger partial charge in [-0.2, -0.15) is 0 Å². The zero-order chi connectivity index (χ0) is 11.8. The first-order valence-electron chi connectivity index (χ1n) is 6.41. The van der Waals surface area contributed by atoms with Crippen molar-refractivity contribution in [2.75, 3.05) is 32.9 Å². The van der Waals surface area contributed by atoms with Crippen molar-refractivity contribution in [1.29, 1.82) is 0 Å². The van der Waals surface area contributed by atoms with Crippen molar-refractivity contribution in [3.05, 3.63) is 30.3 Å². The highest BCUT2D eigenvalue weighted by Crippen LogP contribution is 2.12. The first-order valence-corrected chi connectivity index (χ1v) is 6.41. The predicted octanol–water partition coefficient (Wildman–Crippen LogP) is 2.50. The van der Waals surface area contributed by atoms with Crippen LogP contribution in [0.15, 0.2) is 30.3 Å². The van der Waals surface area contributed by atoms with Crippen molar-refractivity contribution in [2.45, 2.75) is 12.8 Å². The molecule has 4 heteroatoms. The molecule has 0 spiro atoms. The highest BCUT2D eigenvalue weighted by atomic mass is 35.5. The van der Waals surface area contributed by atoms with Crippen LogP contribution in [0, 0.1) is 5.92 Å². The molecule has 1 aliphatic heterocycles. The number of hydrogen-bond acceptors (Lipinski definition) is 3. The van der Waals surface area contributed by atoms with Crippen molar-refractivity contribution in [3.8, 4) is 5.75 Å². The Morgan fingerprint density at radius 1 is 1.06 bits per heavy atom. The maximum Gasteiger partial charge on any atom is 0.119 e. The molecule has 1 saturated heterocycles. The standard InChI is InChI=1S/C14H21NO2.ClH/c1-2-4-14(5-3-1)17-11-10-16-12-13-6-8-15-9-7-13;/h1-5,13,15H,6-12H2;1H. The van der Waals surface area contributed by atoms with E-state index in [1.807, 2.05) is 30.3 Å². The molecule has 0 aromatic heterocycles. The van der Waals surface area contributed by atoms with Crippen LogP contribution in [-0.4, -0.2) is 32.9 Å². The second kappa shape index (κ2) is 9.20. The maximum absolute atomic E-state index is 5.64. The Morgan fingerprint density at radius 2 is 1.78 bits per heavy atom. The summed E-state index contributed by atoms with van der Waals surface area (Å²) in [5.74, 6) is 1.64.